The molecule has 0 aromatic carbocycles. The molecule has 0 spiro atoms. The summed E-state index contributed by atoms with van der Waals surface area (Å²) >= 11 is 0. The fourth-order valence-electron chi connectivity index (χ4n) is 1.74. The summed E-state index contributed by atoms with van der Waals surface area (Å²) in [7, 11) is 1.56. The van der Waals surface area contributed by atoms with E-state index in [1.807, 2.05) is 0 Å². The highest BCUT2D eigenvalue weighted by Crippen LogP contribution is 2.21. The molecule has 1 atom stereocenters. The van der Waals surface area contributed by atoms with Crippen molar-refractivity contribution in [3.05, 3.63) is 21.5 Å². The van der Waals surface area contributed by atoms with Crippen molar-refractivity contribution in [1.82, 2.24) is 9.78 Å². The van der Waals surface area contributed by atoms with Gasteiger partial charge in [-0.05, 0) is 13.8 Å². The molecule has 0 fully saturated rings. The van der Waals surface area contributed by atoms with Crippen LogP contribution in [0.3, 0.4) is 0 Å². The summed E-state index contributed by atoms with van der Waals surface area (Å²) < 4.78 is 11.4. The van der Waals surface area contributed by atoms with Gasteiger partial charge in [-0.25, -0.2) is 0 Å². The monoisotopic (exact) mass is 273 g/mol. The fraction of sp³-hybridized carbons (Fsp3) is 0.727. The van der Waals surface area contributed by atoms with Gasteiger partial charge in [0.25, 0.3) is 0 Å². The molecule has 0 aliphatic heterocycles. The number of nitro groups is 1. The van der Waals surface area contributed by atoms with Crippen LogP contribution in [-0.2, 0) is 16.0 Å². The Kier molecular flexibility index (Phi) is 5.87. The summed E-state index contributed by atoms with van der Waals surface area (Å²) in [5.74, 6) is 0. The minimum Gasteiger partial charge on any atom is -0.389 e. The molecule has 1 N–H and O–H groups in total. The minimum absolute atomic E-state index is 0.00694. The Morgan fingerprint density at radius 2 is 2.16 bits per heavy atom. The average Bonchev–Trinajstić information content (AvgIpc) is 2.60. The molecule has 1 unspecified atom stereocenters. The van der Waals surface area contributed by atoms with E-state index in [-0.39, 0.29) is 18.8 Å². The zero-order valence-electron chi connectivity index (χ0n) is 11.3. The molecule has 0 amide bonds. The second-order valence-electron chi connectivity index (χ2n) is 4.18. The van der Waals surface area contributed by atoms with Crippen molar-refractivity contribution in [2.45, 2.75) is 26.5 Å². The first-order chi connectivity index (χ1) is 8.97. The van der Waals surface area contributed by atoms with E-state index in [0.717, 1.165) is 0 Å². The van der Waals surface area contributed by atoms with Crippen LogP contribution in [0.4, 0.5) is 5.69 Å². The molecule has 8 nitrogen and oxygen atoms in total. The molecule has 108 valence electrons. The predicted octanol–water partition coefficient (Wildman–Crippen LogP) is 0.432. The number of aliphatic hydroxyl groups is 1. The van der Waals surface area contributed by atoms with Gasteiger partial charge in [0.15, 0.2) is 0 Å². The van der Waals surface area contributed by atoms with Crippen LogP contribution >= 0.6 is 0 Å². The standard InChI is InChI=1S/C11H19N3O5/c1-8-11(14(16)17)9(2)13(12-8)6-10(15)7-19-5-4-18-3/h10,15H,4-7H2,1-3H3. The Balaban J connectivity index is 2.57. The van der Waals surface area contributed by atoms with Gasteiger partial charge >= 0.3 is 5.69 Å². The summed E-state index contributed by atoms with van der Waals surface area (Å²) in [6, 6.07) is 0. The maximum absolute atomic E-state index is 10.8. The Morgan fingerprint density at radius 1 is 1.47 bits per heavy atom. The first kappa shape index (κ1) is 15.5. The SMILES string of the molecule is COCCOCC(O)Cn1nc(C)c([N+](=O)[O-])c1C. The molecule has 19 heavy (non-hydrogen) atoms. The van der Waals surface area contributed by atoms with Gasteiger partial charge in [0, 0.05) is 7.11 Å². The number of aromatic nitrogens is 2. The van der Waals surface area contributed by atoms with Crippen molar-refractivity contribution in [1.29, 1.82) is 0 Å². The number of hydrogen-bond acceptors (Lipinski definition) is 6. The molecular weight excluding hydrogens is 254 g/mol. The van der Waals surface area contributed by atoms with E-state index in [9.17, 15) is 15.2 Å². The van der Waals surface area contributed by atoms with Gasteiger partial charge in [0.2, 0.25) is 0 Å². The lowest BCUT2D eigenvalue weighted by Gasteiger charge is -2.12. The van der Waals surface area contributed by atoms with Crippen molar-refractivity contribution < 1.29 is 19.5 Å². The first-order valence-electron chi connectivity index (χ1n) is 5.90. The number of methoxy groups -OCH3 is 1. The van der Waals surface area contributed by atoms with Crippen LogP contribution in [0.25, 0.3) is 0 Å². The van der Waals surface area contributed by atoms with Crippen molar-refractivity contribution >= 4 is 5.69 Å². The lowest BCUT2D eigenvalue weighted by molar-refractivity contribution is -0.386. The molecule has 0 saturated carbocycles. The highest BCUT2D eigenvalue weighted by Gasteiger charge is 2.22. The number of rotatable bonds is 8. The molecule has 0 bridgehead atoms. The maximum Gasteiger partial charge on any atom is 0.312 e. The molecule has 1 aromatic rings. The van der Waals surface area contributed by atoms with E-state index >= 15 is 0 Å². The number of nitrogens with zero attached hydrogens (tertiary/aromatic N) is 3. The molecule has 0 aliphatic carbocycles. The van der Waals surface area contributed by atoms with E-state index in [0.29, 0.717) is 24.6 Å². The lowest BCUT2D eigenvalue weighted by atomic mass is 10.3. The van der Waals surface area contributed by atoms with Gasteiger partial charge < -0.3 is 14.6 Å². The third-order valence-corrected chi connectivity index (χ3v) is 2.65. The Hall–Kier alpha value is -1.51. The molecule has 1 heterocycles. The van der Waals surface area contributed by atoms with E-state index in [1.165, 1.54) is 4.68 Å². The summed E-state index contributed by atoms with van der Waals surface area (Å²) in [4.78, 5) is 10.4. The van der Waals surface area contributed by atoms with E-state index in [1.54, 1.807) is 21.0 Å². The zero-order chi connectivity index (χ0) is 14.4. The van der Waals surface area contributed by atoms with Crippen LogP contribution in [0.2, 0.25) is 0 Å². The third-order valence-electron chi connectivity index (χ3n) is 2.65. The molecule has 0 aliphatic rings. The quantitative estimate of drug-likeness (QED) is 0.419. The number of hydrogen-bond donors (Lipinski definition) is 1. The number of ether oxygens (including phenoxy) is 2. The third kappa shape index (κ3) is 4.27. The van der Waals surface area contributed by atoms with Crippen molar-refractivity contribution in [2.75, 3.05) is 26.9 Å². The van der Waals surface area contributed by atoms with Crippen LogP contribution in [0.15, 0.2) is 0 Å². The molecular formula is C11H19N3O5. The predicted molar refractivity (Wildman–Crippen MR) is 67.1 cm³/mol. The summed E-state index contributed by atoms with van der Waals surface area (Å²) in [6.45, 7) is 4.33. The summed E-state index contributed by atoms with van der Waals surface area (Å²) in [5, 5.41) is 24.7. The Morgan fingerprint density at radius 3 is 2.68 bits per heavy atom. The van der Waals surface area contributed by atoms with Gasteiger partial charge in [-0.3, -0.25) is 14.8 Å². The second-order valence-corrected chi connectivity index (χ2v) is 4.18. The molecule has 0 saturated heterocycles. The van der Waals surface area contributed by atoms with E-state index in [4.69, 9.17) is 9.47 Å². The highest BCUT2D eigenvalue weighted by molar-refractivity contribution is 5.39. The van der Waals surface area contributed by atoms with Crippen LogP contribution in [0, 0.1) is 24.0 Å². The van der Waals surface area contributed by atoms with Gasteiger partial charge in [0.05, 0.1) is 37.4 Å². The normalized spacial score (nSPS) is 12.6. The van der Waals surface area contributed by atoms with Gasteiger partial charge in [0.1, 0.15) is 11.4 Å². The van der Waals surface area contributed by atoms with Gasteiger partial charge in [-0.1, -0.05) is 0 Å². The van der Waals surface area contributed by atoms with E-state index < -0.39 is 11.0 Å². The maximum atomic E-state index is 10.8. The Labute approximate surface area is 111 Å². The smallest absolute Gasteiger partial charge is 0.312 e. The fourth-order valence-corrected chi connectivity index (χ4v) is 1.74. The van der Waals surface area contributed by atoms with Crippen LogP contribution in [0.5, 0.6) is 0 Å². The molecule has 1 aromatic heterocycles. The summed E-state index contributed by atoms with van der Waals surface area (Å²) in [6.07, 6.45) is -0.769. The second kappa shape index (κ2) is 7.17. The largest absolute Gasteiger partial charge is 0.389 e. The van der Waals surface area contributed by atoms with Crippen LogP contribution < -0.4 is 0 Å². The molecule has 1 rings (SSSR count). The Bertz CT molecular complexity index is 432. The average molecular weight is 273 g/mol. The topological polar surface area (TPSA) is 99.7 Å². The highest BCUT2D eigenvalue weighted by atomic mass is 16.6. The van der Waals surface area contributed by atoms with Crippen LogP contribution in [0.1, 0.15) is 11.4 Å². The first-order valence-corrected chi connectivity index (χ1v) is 5.90. The molecule has 8 heteroatoms. The zero-order valence-corrected chi connectivity index (χ0v) is 11.3. The van der Waals surface area contributed by atoms with Crippen molar-refractivity contribution in [2.24, 2.45) is 0 Å². The lowest BCUT2D eigenvalue weighted by Crippen LogP contribution is -2.24. The van der Waals surface area contributed by atoms with Gasteiger partial charge in [-0.2, -0.15) is 5.10 Å². The van der Waals surface area contributed by atoms with Crippen LogP contribution in [-0.4, -0.2) is 52.8 Å². The van der Waals surface area contributed by atoms with Gasteiger partial charge in [-0.15, -0.1) is 0 Å². The molecule has 0 radical (unpaired) electrons. The number of aryl methyl sites for hydroxylation is 1. The van der Waals surface area contributed by atoms with Crippen molar-refractivity contribution in [3.8, 4) is 0 Å². The van der Waals surface area contributed by atoms with E-state index in [2.05, 4.69) is 5.10 Å². The van der Waals surface area contributed by atoms with Crippen molar-refractivity contribution in [3.63, 3.8) is 0 Å². The number of aliphatic hydroxyl groups excluding tert-OH is 1. The minimum atomic E-state index is -0.769. The summed E-state index contributed by atoms with van der Waals surface area (Å²) in [5.41, 5.74) is 0.765.